The van der Waals surface area contributed by atoms with E-state index in [1.54, 1.807) is 46.1 Å². The molecule has 1 aromatic carbocycles. The smallest absolute Gasteiger partial charge is 0.412 e. The second kappa shape index (κ2) is 8.43. The molecule has 0 unspecified atom stereocenters. The number of fused-ring (bicyclic) bond motifs is 2. The lowest BCUT2D eigenvalue weighted by atomic mass is 10.1. The molecule has 4 heterocycles. The topological polar surface area (TPSA) is 105 Å². The number of halogens is 1. The first kappa shape index (κ1) is 21.3. The zero-order valence-electron chi connectivity index (χ0n) is 18.4. The molecule has 1 aliphatic rings. The molecular weight excluding hydrogens is 441 g/mol. The molecule has 0 saturated heterocycles. The van der Waals surface area contributed by atoms with Gasteiger partial charge in [0.25, 0.3) is 5.91 Å². The molecule has 34 heavy (non-hydrogen) atoms. The van der Waals surface area contributed by atoms with Crippen LogP contribution in [0.3, 0.4) is 0 Å². The number of nitrogens with one attached hydrogen (secondary N) is 1. The molecule has 0 saturated carbocycles. The van der Waals surface area contributed by atoms with Crippen molar-refractivity contribution in [3.05, 3.63) is 66.6 Å². The maximum Gasteiger partial charge on any atom is 0.412 e. The highest BCUT2D eigenvalue weighted by Crippen LogP contribution is 2.33. The van der Waals surface area contributed by atoms with Crippen molar-refractivity contribution in [2.45, 2.75) is 0 Å². The highest BCUT2D eigenvalue weighted by molar-refractivity contribution is 6.07. The van der Waals surface area contributed by atoms with Crippen LogP contribution in [0.25, 0.3) is 16.9 Å². The number of ether oxygens (including phenoxy) is 1. The van der Waals surface area contributed by atoms with E-state index < -0.39 is 6.09 Å². The zero-order valence-corrected chi connectivity index (χ0v) is 18.4. The number of amides is 2. The number of hydrogen-bond donors (Lipinski definition) is 1. The molecule has 172 valence electrons. The van der Waals surface area contributed by atoms with E-state index in [1.165, 1.54) is 25.4 Å². The summed E-state index contributed by atoms with van der Waals surface area (Å²) < 4.78 is 20.1. The van der Waals surface area contributed by atoms with E-state index in [-0.39, 0.29) is 17.4 Å². The van der Waals surface area contributed by atoms with Gasteiger partial charge in [-0.15, -0.1) is 0 Å². The number of nitrogens with zero attached hydrogens (tertiary/aromatic N) is 6. The minimum absolute atomic E-state index is 0.225. The summed E-state index contributed by atoms with van der Waals surface area (Å²) >= 11 is 0. The normalized spacial score (nSPS) is 13.0. The summed E-state index contributed by atoms with van der Waals surface area (Å²) in [6, 6.07) is 7.78. The molecule has 0 spiro atoms. The van der Waals surface area contributed by atoms with Crippen molar-refractivity contribution in [1.82, 2.24) is 19.4 Å². The molecule has 11 heteroatoms. The first-order valence-electron chi connectivity index (χ1n) is 10.4. The third-order valence-corrected chi connectivity index (χ3v) is 5.63. The van der Waals surface area contributed by atoms with Crippen LogP contribution in [-0.2, 0) is 4.74 Å². The largest absolute Gasteiger partial charge is 0.453 e. The average molecular weight is 461 g/mol. The second-order valence-corrected chi connectivity index (χ2v) is 7.70. The number of aromatic nitrogens is 4. The molecule has 0 bridgehead atoms. The van der Waals surface area contributed by atoms with Gasteiger partial charge in [-0.2, -0.15) is 0 Å². The van der Waals surface area contributed by atoms with Crippen molar-refractivity contribution in [3.8, 4) is 11.3 Å². The Labute approximate surface area is 193 Å². The minimum Gasteiger partial charge on any atom is -0.453 e. The van der Waals surface area contributed by atoms with Gasteiger partial charge in [-0.3, -0.25) is 14.5 Å². The number of hydrogen-bond acceptors (Lipinski definition) is 7. The number of methoxy groups -OCH3 is 1. The predicted molar refractivity (Wildman–Crippen MR) is 124 cm³/mol. The molecular formula is C23H20FN7O3. The van der Waals surface area contributed by atoms with Crippen molar-refractivity contribution in [2.75, 3.05) is 42.4 Å². The Morgan fingerprint density at radius 2 is 1.88 bits per heavy atom. The van der Waals surface area contributed by atoms with Gasteiger partial charge in [0.2, 0.25) is 0 Å². The Morgan fingerprint density at radius 3 is 2.65 bits per heavy atom. The summed E-state index contributed by atoms with van der Waals surface area (Å²) in [6.45, 7) is 1.02. The number of imidazole rings is 1. The Bertz CT molecular complexity index is 1400. The first-order chi connectivity index (χ1) is 16.4. The van der Waals surface area contributed by atoms with Gasteiger partial charge >= 0.3 is 6.09 Å². The third-order valence-electron chi connectivity index (χ3n) is 5.63. The van der Waals surface area contributed by atoms with E-state index in [0.29, 0.717) is 41.6 Å². The van der Waals surface area contributed by atoms with E-state index in [4.69, 9.17) is 0 Å². The first-order valence-corrected chi connectivity index (χ1v) is 10.4. The molecule has 3 aromatic heterocycles. The summed E-state index contributed by atoms with van der Waals surface area (Å²) in [5, 5.41) is 2.49. The van der Waals surface area contributed by atoms with Gasteiger partial charge in [-0.05, 0) is 30.3 Å². The highest BCUT2D eigenvalue weighted by Gasteiger charge is 2.27. The van der Waals surface area contributed by atoms with Crippen LogP contribution < -0.4 is 15.1 Å². The van der Waals surface area contributed by atoms with E-state index >= 15 is 0 Å². The Kier molecular flexibility index (Phi) is 5.28. The molecule has 0 aliphatic carbocycles. The lowest BCUT2D eigenvalue weighted by molar-refractivity contribution is 0.0981. The van der Waals surface area contributed by atoms with Crippen molar-refractivity contribution < 1.29 is 18.7 Å². The second-order valence-electron chi connectivity index (χ2n) is 7.70. The van der Waals surface area contributed by atoms with Gasteiger partial charge in [0.05, 0.1) is 36.6 Å². The number of carbonyl (C=O) groups excluding carboxylic acids is 2. The third kappa shape index (κ3) is 3.76. The number of carbonyl (C=O) groups is 2. The molecule has 0 atom stereocenters. The van der Waals surface area contributed by atoms with Crippen molar-refractivity contribution in [1.29, 1.82) is 0 Å². The summed E-state index contributed by atoms with van der Waals surface area (Å²) in [5.74, 6) is -0.311. The zero-order chi connectivity index (χ0) is 23.8. The molecule has 2 amide bonds. The summed E-state index contributed by atoms with van der Waals surface area (Å²) in [7, 11) is 3.14. The average Bonchev–Trinajstić information content (AvgIpc) is 3.28. The van der Waals surface area contributed by atoms with E-state index in [0.717, 1.165) is 5.56 Å². The molecule has 10 nitrogen and oxygen atoms in total. The minimum atomic E-state index is -0.613. The fraction of sp³-hybridized carbons (Fsp3) is 0.174. The lowest BCUT2D eigenvalue weighted by Crippen LogP contribution is -2.43. The van der Waals surface area contributed by atoms with Gasteiger partial charge < -0.3 is 14.5 Å². The van der Waals surface area contributed by atoms with Crippen LogP contribution >= 0.6 is 0 Å². The van der Waals surface area contributed by atoms with Gasteiger partial charge in [0.1, 0.15) is 17.3 Å². The van der Waals surface area contributed by atoms with Crippen LogP contribution in [-0.4, -0.2) is 58.6 Å². The van der Waals surface area contributed by atoms with Crippen molar-refractivity contribution in [3.63, 3.8) is 0 Å². The lowest BCUT2D eigenvalue weighted by Gasteiger charge is -2.35. The molecule has 5 rings (SSSR count). The van der Waals surface area contributed by atoms with Gasteiger partial charge in [0.15, 0.2) is 5.65 Å². The number of anilines is 3. The van der Waals surface area contributed by atoms with E-state index in [2.05, 4.69) is 25.0 Å². The number of benzene rings is 1. The van der Waals surface area contributed by atoms with Crippen LogP contribution in [0.4, 0.5) is 26.4 Å². The maximum absolute atomic E-state index is 13.8. The molecule has 1 aliphatic heterocycles. The summed E-state index contributed by atoms with van der Waals surface area (Å²) in [6.07, 6.45) is 5.78. The predicted octanol–water partition coefficient (Wildman–Crippen LogP) is 3.21. The fourth-order valence-electron chi connectivity index (χ4n) is 3.86. The molecule has 0 radical (unpaired) electrons. The van der Waals surface area contributed by atoms with Crippen LogP contribution in [0.1, 0.15) is 10.5 Å². The highest BCUT2D eigenvalue weighted by atomic mass is 19.1. The van der Waals surface area contributed by atoms with Gasteiger partial charge in [-0.25, -0.2) is 24.1 Å². The SMILES string of the molecule is COC(=O)Nc1ccc(-c2cnc3cnc(C(=O)N4CCN(C)c5cc(F)ccc54)cn23)cn1. The number of rotatable bonds is 3. The Hall–Kier alpha value is -4.54. The van der Waals surface area contributed by atoms with Crippen molar-refractivity contribution >= 4 is 34.8 Å². The maximum atomic E-state index is 13.8. The van der Waals surface area contributed by atoms with Gasteiger partial charge in [-0.1, -0.05) is 0 Å². The fourth-order valence-corrected chi connectivity index (χ4v) is 3.86. The molecule has 0 fully saturated rings. The number of likely N-dealkylation sites (N-methyl/N-ethyl adjacent to an activating group) is 1. The molecule has 4 aromatic rings. The van der Waals surface area contributed by atoms with E-state index in [9.17, 15) is 14.0 Å². The van der Waals surface area contributed by atoms with Crippen molar-refractivity contribution in [2.24, 2.45) is 0 Å². The van der Waals surface area contributed by atoms with E-state index in [1.807, 2.05) is 11.9 Å². The standard InChI is InChI=1S/C23H20FN7O3/c1-29-7-8-30(17-5-4-15(24)9-18(17)29)22(32)16-13-31-19(11-27-21(31)12-25-16)14-3-6-20(26-10-14)28-23(33)34-2/h3-6,9-13H,7-8H2,1-2H3,(H,26,28,33). The van der Waals surface area contributed by atoms with Crippen LogP contribution in [0.15, 0.2) is 55.1 Å². The number of pyridine rings is 1. The summed E-state index contributed by atoms with van der Waals surface area (Å²) in [5.41, 5.74) is 3.49. The Morgan fingerprint density at radius 1 is 1.03 bits per heavy atom. The van der Waals surface area contributed by atoms with Crippen LogP contribution in [0.2, 0.25) is 0 Å². The quantitative estimate of drug-likeness (QED) is 0.500. The van der Waals surface area contributed by atoms with Crippen LogP contribution in [0.5, 0.6) is 0 Å². The van der Waals surface area contributed by atoms with Gasteiger partial charge in [0, 0.05) is 38.1 Å². The Balaban J connectivity index is 1.47. The van der Waals surface area contributed by atoms with Crippen LogP contribution in [0, 0.1) is 5.82 Å². The molecule has 1 N–H and O–H groups in total. The summed E-state index contributed by atoms with van der Waals surface area (Å²) in [4.78, 5) is 41.2. The monoisotopic (exact) mass is 461 g/mol.